The summed E-state index contributed by atoms with van der Waals surface area (Å²) in [7, 11) is 0. The first-order valence-electron chi connectivity index (χ1n) is 7.53. The number of amides is 2. The van der Waals surface area contributed by atoms with Gasteiger partial charge in [0.1, 0.15) is 0 Å². The second kappa shape index (κ2) is 8.79. The number of carbonyl (C=O) groups excluding carboxylic acids is 1. The van der Waals surface area contributed by atoms with Crippen LogP contribution in [0.3, 0.4) is 0 Å². The first-order chi connectivity index (χ1) is 9.54. The van der Waals surface area contributed by atoms with Gasteiger partial charge in [-0.25, -0.2) is 4.79 Å². The number of aliphatic carboxylic acids is 1. The Balaban J connectivity index is 2.20. The van der Waals surface area contributed by atoms with Crippen LogP contribution in [0.2, 0.25) is 0 Å². The van der Waals surface area contributed by atoms with Crippen LogP contribution in [0.1, 0.15) is 39.5 Å². The van der Waals surface area contributed by atoms with Crippen molar-refractivity contribution in [2.24, 2.45) is 5.92 Å². The average Bonchev–Trinajstić information content (AvgIpc) is 2.94. The Kier molecular flexibility index (Phi) is 7.36. The van der Waals surface area contributed by atoms with Gasteiger partial charge in [-0.3, -0.25) is 9.69 Å². The number of hydrogen-bond acceptors (Lipinski definition) is 3. The fourth-order valence-corrected chi connectivity index (χ4v) is 2.49. The summed E-state index contributed by atoms with van der Waals surface area (Å²) in [6.45, 7) is 7.02. The molecule has 1 saturated heterocycles. The van der Waals surface area contributed by atoms with Gasteiger partial charge in [-0.2, -0.15) is 0 Å². The predicted molar refractivity (Wildman–Crippen MR) is 77.7 cm³/mol. The van der Waals surface area contributed by atoms with Crippen molar-refractivity contribution in [1.82, 2.24) is 15.5 Å². The third kappa shape index (κ3) is 5.77. The largest absolute Gasteiger partial charge is 0.481 e. The maximum atomic E-state index is 11.7. The van der Waals surface area contributed by atoms with Crippen molar-refractivity contribution >= 4 is 12.0 Å². The Hall–Kier alpha value is -1.30. The van der Waals surface area contributed by atoms with E-state index in [-0.39, 0.29) is 12.6 Å². The maximum absolute atomic E-state index is 11.7. The molecule has 116 valence electrons. The van der Waals surface area contributed by atoms with Crippen LogP contribution in [-0.4, -0.2) is 54.2 Å². The van der Waals surface area contributed by atoms with E-state index in [9.17, 15) is 9.59 Å². The third-order valence-electron chi connectivity index (χ3n) is 3.82. The Labute approximate surface area is 120 Å². The quantitative estimate of drug-likeness (QED) is 0.627. The summed E-state index contributed by atoms with van der Waals surface area (Å²) < 4.78 is 0. The number of nitrogens with one attached hydrogen (secondary N) is 2. The topological polar surface area (TPSA) is 81.7 Å². The van der Waals surface area contributed by atoms with Crippen molar-refractivity contribution in [1.29, 1.82) is 0 Å². The van der Waals surface area contributed by atoms with Crippen LogP contribution < -0.4 is 10.6 Å². The Morgan fingerprint density at radius 2 is 1.80 bits per heavy atom. The highest BCUT2D eigenvalue weighted by molar-refractivity contribution is 5.75. The van der Waals surface area contributed by atoms with E-state index in [4.69, 9.17) is 5.11 Å². The van der Waals surface area contributed by atoms with Crippen LogP contribution in [0.25, 0.3) is 0 Å². The van der Waals surface area contributed by atoms with Crippen molar-refractivity contribution in [2.75, 3.05) is 26.2 Å². The molecule has 0 aromatic carbocycles. The van der Waals surface area contributed by atoms with Crippen molar-refractivity contribution in [3.63, 3.8) is 0 Å². The number of carboxylic acid groups (broad SMARTS) is 1. The van der Waals surface area contributed by atoms with Gasteiger partial charge in [0.25, 0.3) is 0 Å². The standard InChI is InChI=1S/C14H27N3O3/c1-3-6-12(13(18)19)10-16-14(20)15-9-11(2)17-7-4-5-8-17/h11-12H,3-10H2,1-2H3,(H,18,19)(H2,15,16,20). The fraction of sp³-hybridized carbons (Fsp3) is 0.857. The van der Waals surface area contributed by atoms with Crippen LogP contribution in [-0.2, 0) is 4.79 Å². The summed E-state index contributed by atoms with van der Waals surface area (Å²) in [6.07, 6.45) is 3.84. The lowest BCUT2D eigenvalue weighted by atomic mass is 10.0. The summed E-state index contributed by atoms with van der Waals surface area (Å²) in [5.74, 6) is -1.35. The molecule has 1 rings (SSSR count). The van der Waals surface area contributed by atoms with E-state index in [2.05, 4.69) is 22.5 Å². The van der Waals surface area contributed by atoms with Crippen LogP contribution in [0.4, 0.5) is 4.79 Å². The van der Waals surface area contributed by atoms with Gasteiger partial charge in [0.2, 0.25) is 0 Å². The minimum atomic E-state index is -0.849. The van der Waals surface area contributed by atoms with Gasteiger partial charge < -0.3 is 15.7 Å². The molecule has 0 saturated carbocycles. The molecule has 6 nitrogen and oxygen atoms in total. The number of likely N-dealkylation sites (tertiary alicyclic amines) is 1. The second-order valence-corrected chi connectivity index (χ2v) is 5.51. The lowest BCUT2D eigenvalue weighted by Crippen LogP contribution is -2.45. The molecule has 6 heteroatoms. The Bertz CT molecular complexity index is 317. The summed E-state index contributed by atoms with van der Waals surface area (Å²) in [6, 6.07) is 0.0487. The number of carboxylic acids is 1. The van der Waals surface area contributed by atoms with Gasteiger partial charge in [0, 0.05) is 19.1 Å². The van der Waals surface area contributed by atoms with Crippen LogP contribution in [0.15, 0.2) is 0 Å². The molecule has 0 spiro atoms. The molecule has 1 aliphatic rings. The molecule has 1 heterocycles. The molecule has 0 bridgehead atoms. The Morgan fingerprint density at radius 1 is 1.20 bits per heavy atom. The molecule has 0 aromatic heterocycles. The van der Waals surface area contributed by atoms with Gasteiger partial charge >= 0.3 is 12.0 Å². The molecular formula is C14H27N3O3. The second-order valence-electron chi connectivity index (χ2n) is 5.51. The van der Waals surface area contributed by atoms with E-state index in [1.165, 1.54) is 12.8 Å². The zero-order chi connectivity index (χ0) is 15.0. The molecule has 1 aliphatic heterocycles. The molecule has 2 atom stereocenters. The number of hydrogen-bond donors (Lipinski definition) is 3. The van der Waals surface area contributed by atoms with Crippen molar-refractivity contribution < 1.29 is 14.7 Å². The summed E-state index contributed by atoms with van der Waals surface area (Å²) in [5, 5.41) is 14.5. The van der Waals surface area contributed by atoms with E-state index in [0.717, 1.165) is 19.5 Å². The lowest BCUT2D eigenvalue weighted by Gasteiger charge is -2.24. The molecule has 0 aliphatic carbocycles. The smallest absolute Gasteiger partial charge is 0.314 e. The predicted octanol–water partition coefficient (Wildman–Crippen LogP) is 1.27. The first kappa shape index (κ1) is 16.8. The zero-order valence-corrected chi connectivity index (χ0v) is 12.5. The van der Waals surface area contributed by atoms with E-state index in [1.807, 2.05) is 6.92 Å². The van der Waals surface area contributed by atoms with Gasteiger partial charge in [0.05, 0.1) is 5.92 Å². The minimum absolute atomic E-state index is 0.188. The van der Waals surface area contributed by atoms with Crippen molar-refractivity contribution in [2.45, 2.75) is 45.6 Å². The van der Waals surface area contributed by atoms with Crippen LogP contribution >= 0.6 is 0 Å². The van der Waals surface area contributed by atoms with Gasteiger partial charge in [-0.15, -0.1) is 0 Å². The van der Waals surface area contributed by atoms with Crippen molar-refractivity contribution in [3.05, 3.63) is 0 Å². The minimum Gasteiger partial charge on any atom is -0.481 e. The molecule has 0 radical (unpaired) electrons. The lowest BCUT2D eigenvalue weighted by molar-refractivity contribution is -0.141. The van der Waals surface area contributed by atoms with Crippen LogP contribution in [0, 0.1) is 5.92 Å². The third-order valence-corrected chi connectivity index (χ3v) is 3.82. The Morgan fingerprint density at radius 3 is 2.35 bits per heavy atom. The summed E-state index contributed by atoms with van der Waals surface area (Å²) in [5.41, 5.74) is 0. The molecule has 20 heavy (non-hydrogen) atoms. The summed E-state index contributed by atoms with van der Waals surface area (Å²) in [4.78, 5) is 25.0. The molecular weight excluding hydrogens is 258 g/mol. The fourth-order valence-electron chi connectivity index (χ4n) is 2.49. The molecule has 3 N–H and O–H groups in total. The normalized spacial score (nSPS) is 18.5. The SMILES string of the molecule is CCCC(CNC(=O)NCC(C)N1CCCC1)C(=O)O. The van der Waals surface area contributed by atoms with Gasteiger partial charge in [-0.1, -0.05) is 13.3 Å². The van der Waals surface area contributed by atoms with Gasteiger partial charge in [-0.05, 0) is 39.3 Å². The van der Waals surface area contributed by atoms with E-state index in [1.54, 1.807) is 0 Å². The highest BCUT2D eigenvalue weighted by Crippen LogP contribution is 2.10. The van der Waals surface area contributed by atoms with Gasteiger partial charge in [0.15, 0.2) is 0 Å². The highest BCUT2D eigenvalue weighted by Gasteiger charge is 2.19. The number of urea groups is 1. The number of carbonyl (C=O) groups is 2. The summed E-state index contributed by atoms with van der Waals surface area (Å²) >= 11 is 0. The van der Waals surface area contributed by atoms with Crippen molar-refractivity contribution in [3.8, 4) is 0 Å². The number of nitrogens with zero attached hydrogens (tertiary/aromatic N) is 1. The van der Waals surface area contributed by atoms with E-state index < -0.39 is 11.9 Å². The maximum Gasteiger partial charge on any atom is 0.314 e. The highest BCUT2D eigenvalue weighted by atomic mass is 16.4. The first-order valence-corrected chi connectivity index (χ1v) is 7.53. The average molecular weight is 285 g/mol. The molecule has 0 aromatic rings. The monoisotopic (exact) mass is 285 g/mol. The molecule has 2 unspecified atom stereocenters. The van der Waals surface area contributed by atoms with E-state index >= 15 is 0 Å². The van der Waals surface area contributed by atoms with E-state index in [0.29, 0.717) is 19.0 Å². The molecule has 2 amide bonds. The zero-order valence-electron chi connectivity index (χ0n) is 12.5. The number of rotatable bonds is 8. The van der Waals surface area contributed by atoms with Crippen LogP contribution in [0.5, 0.6) is 0 Å². The molecule has 1 fully saturated rings.